The lowest BCUT2D eigenvalue weighted by Gasteiger charge is -2.18. The highest BCUT2D eigenvalue weighted by molar-refractivity contribution is 5.98. The second-order valence-corrected chi connectivity index (χ2v) is 7.43. The first-order valence-electron chi connectivity index (χ1n) is 9.55. The molecule has 8 heteroatoms. The van der Waals surface area contributed by atoms with Crippen molar-refractivity contribution in [2.24, 2.45) is 5.73 Å². The summed E-state index contributed by atoms with van der Waals surface area (Å²) in [5, 5.41) is 17.5. The summed E-state index contributed by atoms with van der Waals surface area (Å²) in [6.45, 7) is 3.72. The second-order valence-electron chi connectivity index (χ2n) is 7.43. The maximum Gasteiger partial charge on any atom is 0.254 e. The minimum Gasteiger partial charge on any atom is -0.390 e. The van der Waals surface area contributed by atoms with Gasteiger partial charge in [-0.05, 0) is 37.0 Å². The molecule has 1 aliphatic carbocycles. The van der Waals surface area contributed by atoms with Crippen LogP contribution in [0, 0.1) is 13.8 Å². The Balaban J connectivity index is 1.50. The molecule has 8 nitrogen and oxygen atoms in total. The number of hydrogen-bond donors (Lipinski definition) is 3. The van der Waals surface area contributed by atoms with Gasteiger partial charge >= 0.3 is 0 Å². The van der Waals surface area contributed by atoms with Crippen LogP contribution in [0.15, 0.2) is 30.5 Å². The number of amides is 2. The number of aliphatic hydroxyl groups is 1. The van der Waals surface area contributed by atoms with E-state index in [0.29, 0.717) is 18.5 Å². The number of nitrogens with one attached hydrogen (secondary N) is 1. The number of aliphatic hydroxyl groups excluding tert-OH is 1. The standard InChI is InChI=1S/C21H23N5O3/c1-11-14(12(2)26-21(24-11)16(10-23-26)20(22)29)7-8-18(28)25-19-15-6-4-3-5-13(15)9-17(19)27/h3-6,10,17,19,27H,7-9H2,1-2H3,(H2,22,29)(H,25,28)/t17-,19+/m1/s1. The molecule has 150 valence electrons. The van der Waals surface area contributed by atoms with E-state index in [1.807, 2.05) is 38.1 Å². The SMILES string of the molecule is Cc1nc2c(C(N)=O)cnn2c(C)c1CCC(=O)N[C@H]1c2ccccc2C[C@H]1O. The molecule has 0 saturated heterocycles. The Hall–Kier alpha value is -3.26. The van der Waals surface area contributed by atoms with Crippen molar-refractivity contribution < 1.29 is 14.7 Å². The van der Waals surface area contributed by atoms with Crippen LogP contribution >= 0.6 is 0 Å². The average molecular weight is 393 g/mol. The molecule has 0 spiro atoms. The molecule has 0 fully saturated rings. The van der Waals surface area contributed by atoms with Gasteiger partial charge in [0.15, 0.2) is 5.65 Å². The van der Waals surface area contributed by atoms with Crippen LogP contribution in [0.2, 0.25) is 0 Å². The summed E-state index contributed by atoms with van der Waals surface area (Å²) >= 11 is 0. The summed E-state index contributed by atoms with van der Waals surface area (Å²) in [4.78, 5) is 28.6. The number of primary amides is 1. The van der Waals surface area contributed by atoms with Gasteiger partial charge in [0.2, 0.25) is 5.91 Å². The zero-order valence-corrected chi connectivity index (χ0v) is 16.3. The van der Waals surface area contributed by atoms with Crippen molar-refractivity contribution in [2.75, 3.05) is 0 Å². The Morgan fingerprint density at radius 3 is 2.83 bits per heavy atom. The van der Waals surface area contributed by atoms with Gasteiger partial charge in [0.05, 0.1) is 18.3 Å². The summed E-state index contributed by atoms with van der Waals surface area (Å²) in [6.07, 6.45) is 2.06. The molecular weight excluding hydrogens is 370 g/mol. The molecule has 1 aromatic carbocycles. The number of hydrogen-bond acceptors (Lipinski definition) is 5. The van der Waals surface area contributed by atoms with Crippen molar-refractivity contribution in [1.29, 1.82) is 0 Å². The summed E-state index contributed by atoms with van der Waals surface area (Å²) in [5.41, 5.74) is 10.6. The van der Waals surface area contributed by atoms with Gasteiger partial charge in [-0.15, -0.1) is 0 Å². The molecule has 0 aliphatic heterocycles. The Morgan fingerprint density at radius 1 is 1.31 bits per heavy atom. The number of aryl methyl sites for hydroxylation is 2. The van der Waals surface area contributed by atoms with Crippen LogP contribution in [0.1, 0.15) is 50.9 Å². The highest BCUT2D eigenvalue weighted by Crippen LogP contribution is 2.31. The zero-order chi connectivity index (χ0) is 20.7. The van der Waals surface area contributed by atoms with Crippen LogP contribution in [0.4, 0.5) is 0 Å². The molecule has 0 unspecified atom stereocenters. The van der Waals surface area contributed by atoms with Gasteiger partial charge in [0.1, 0.15) is 5.56 Å². The number of fused-ring (bicyclic) bond motifs is 2. The highest BCUT2D eigenvalue weighted by atomic mass is 16.3. The third kappa shape index (κ3) is 3.36. The van der Waals surface area contributed by atoms with Gasteiger partial charge in [-0.25, -0.2) is 9.50 Å². The van der Waals surface area contributed by atoms with E-state index >= 15 is 0 Å². The van der Waals surface area contributed by atoms with E-state index in [2.05, 4.69) is 15.4 Å². The predicted octanol–water partition coefficient (Wildman–Crippen LogP) is 1.15. The lowest BCUT2D eigenvalue weighted by molar-refractivity contribution is -0.122. The molecule has 29 heavy (non-hydrogen) atoms. The van der Waals surface area contributed by atoms with Crippen LogP contribution in [0.25, 0.3) is 5.65 Å². The van der Waals surface area contributed by atoms with Crippen LogP contribution in [-0.2, 0) is 17.6 Å². The van der Waals surface area contributed by atoms with E-state index in [0.717, 1.165) is 28.1 Å². The van der Waals surface area contributed by atoms with Gasteiger partial charge in [-0.3, -0.25) is 9.59 Å². The molecule has 2 atom stereocenters. The summed E-state index contributed by atoms with van der Waals surface area (Å²) in [5.74, 6) is -0.711. The molecule has 0 bridgehead atoms. The first kappa shape index (κ1) is 19.1. The highest BCUT2D eigenvalue weighted by Gasteiger charge is 2.31. The second kappa shape index (κ2) is 7.29. The van der Waals surface area contributed by atoms with E-state index in [9.17, 15) is 14.7 Å². The van der Waals surface area contributed by atoms with E-state index in [1.54, 1.807) is 4.52 Å². The molecule has 0 radical (unpaired) electrons. The lowest BCUT2D eigenvalue weighted by atomic mass is 10.0. The maximum absolute atomic E-state index is 12.6. The molecule has 4 N–H and O–H groups in total. The summed E-state index contributed by atoms with van der Waals surface area (Å²) in [6, 6.07) is 7.38. The molecule has 2 heterocycles. The van der Waals surface area contributed by atoms with Crippen molar-refractivity contribution in [1.82, 2.24) is 19.9 Å². The van der Waals surface area contributed by atoms with E-state index in [1.165, 1.54) is 6.20 Å². The quantitative estimate of drug-likeness (QED) is 0.600. The molecule has 2 aromatic heterocycles. The first-order chi connectivity index (χ1) is 13.9. The van der Waals surface area contributed by atoms with Gasteiger partial charge in [-0.1, -0.05) is 24.3 Å². The Morgan fingerprint density at radius 2 is 2.07 bits per heavy atom. The van der Waals surface area contributed by atoms with Crippen molar-refractivity contribution in [2.45, 2.75) is 45.3 Å². The molecule has 3 aromatic rings. The molecular formula is C21H23N5O3. The van der Waals surface area contributed by atoms with Crippen molar-refractivity contribution in [3.05, 3.63) is 64.1 Å². The van der Waals surface area contributed by atoms with Crippen LogP contribution in [-0.4, -0.2) is 37.6 Å². The Bertz CT molecular complexity index is 1120. The van der Waals surface area contributed by atoms with Crippen molar-refractivity contribution in [3.8, 4) is 0 Å². The number of nitrogens with two attached hydrogens (primary N) is 1. The fourth-order valence-electron chi connectivity index (χ4n) is 4.08. The smallest absolute Gasteiger partial charge is 0.254 e. The summed E-state index contributed by atoms with van der Waals surface area (Å²) in [7, 11) is 0. The fourth-order valence-corrected chi connectivity index (χ4v) is 4.08. The van der Waals surface area contributed by atoms with Gasteiger partial charge in [-0.2, -0.15) is 5.10 Å². The van der Waals surface area contributed by atoms with Gasteiger partial charge in [0.25, 0.3) is 5.91 Å². The topological polar surface area (TPSA) is 123 Å². The first-order valence-corrected chi connectivity index (χ1v) is 9.55. The Labute approximate surface area is 167 Å². The lowest BCUT2D eigenvalue weighted by Crippen LogP contribution is -2.34. The number of carbonyl (C=O) groups is 2. The third-order valence-electron chi connectivity index (χ3n) is 5.60. The van der Waals surface area contributed by atoms with Crippen molar-refractivity contribution >= 4 is 17.5 Å². The van der Waals surface area contributed by atoms with Crippen LogP contribution < -0.4 is 11.1 Å². The molecule has 4 rings (SSSR count). The third-order valence-corrected chi connectivity index (χ3v) is 5.60. The number of benzene rings is 1. The van der Waals surface area contributed by atoms with Crippen LogP contribution in [0.3, 0.4) is 0 Å². The van der Waals surface area contributed by atoms with E-state index in [-0.39, 0.29) is 23.9 Å². The van der Waals surface area contributed by atoms with Crippen molar-refractivity contribution in [3.63, 3.8) is 0 Å². The van der Waals surface area contributed by atoms with E-state index < -0.39 is 12.0 Å². The normalized spacial score (nSPS) is 18.0. The molecule has 1 aliphatic rings. The number of nitrogens with zero attached hydrogens (tertiary/aromatic N) is 3. The maximum atomic E-state index is 12.6. The predicted molar refractivity (Wildman–Crippen MR) is 106 cm³/mol. The minimum absolute atomic E-state index is 0.136. The summed E-state index contributed by atoms with van der Waals surface area (Å²) < 4.78 is 1.58. The minimum atomic E-state index is -0.617. The average Bonchev–Trinajstić information content (AvgIpc) is 3.23. The van der Waals surface area contributed by atoms with Crippen LogP contribution in [0.5, 0.6) is 0 Å². The number of rotatable bonds is 5. The molecule has 0 saturated carbocycles. The number of carbonyl (C=O) groups excluding carboxylic acids is 2. The monoisotopic (exact) mass is 393 g/mol. The zero-order valence-electron chi connectivity index (χ0n) is 16.3. The van der Waals surface area contributed by atoms with E-state index in [4.69, 9.17) is 5.73 Å². The molecule has 2 amide bonds. The Kier molecular flexibility index (Phi) is 4.79. The number of aromatic nitrogens is 3. The van der Waals surface area contributed by atoms with Gasteiger partial charge in [0, 0.05) is 24.2 Å². The largest absolute Gasteiger partial charge is 0.390 e. The van der Waals surface area contributed by atoms with Gasteiger partial charge < -0.3 is 16.2 Å². The fraction of sp³-hybridized carbons (Fsp3) is 0.333.